The number of anilines is 2. The van der Waals surface area contributed by atoms with Crippen molar-refractivity contribution in [1.29, 1.82) is 0 Å². The van der Waals surface area contributed by atoms with E-state index in [1.807, 2.05) is 6.20 Å². The van der Waals surface area contributed by atoms with Gasteiger partial charge in [-0.15, -0.1) is 0 Å². The predicted octanol–water partition coefficient (Wildman–Crippen LogP) is 2.19. The highest BCUT2D eigenvalue weighted by atomic mass is 15.3. The molecule has 2 fully saturated rings. The number of hydrogen-bond donors (Lipinski definition) is 1. The topological polar surface area (TPSA) is 31.4 Å². The number of piperidine rings is 1. The summed E-state index contributed by atoms with van der Waals surface area (Å²) in [7, 11) is 0. The van der Waals surface area contributed by atoms with E-state index in [4.69, 9.17) is 0 Å². The molecule has 0 bridgehead atoms. The van der Waals surface area contributed by atoms with Crippen LogP contribution in [0.1, 0.15) is 26.2 Å². The van der Waals surface area contributed by atoms with E-state index in [1.165, 1.54) is 44.6 Å². The largest absolute Gasteiger partial charge is 0.370 e. The Hall–Kier alpha value is -1.29. The molecule has 0 radical (unpaired) electrons. The summed E-state index contributed by atoms with van der Waals surface area (Å²) in [4.78, 5) is 9.55. The van der Waals surface area contributed by atoms with Gasteiger partial charge in [0.15, 0.2) is 0 Å². The second kappa shape index (κ2) is 5.78. The minimum Gasteiger partial charge on any atom is -0.370 e. The summed E-state index contributed by atoms with van der Waals surface area (Å²) in [6, 6.07) is 5.08. The monoisotopic (exact) mass is 260 g/mol. The molecule has 1 unspecified atom stereocenters. The molecule has 2 aliphatic heterocycles. The summed E-state index contributed by atoms with van der Waals surface area (Å²) in [5, 5.41) is 3.30. The van der Waals surface area contributed by atoms with Gasteiger partial charge < -0.3 is 10.2 Å². The minimum absolute atomic E-state index is 0.762. The Balaban J connectivity index is 1.70. The van der Waals surface area contributed by atoms with Gasteiger partial charge in [0.1, 0.15) is 5.82 Å². The van der Waals surface area contributed by atoms with E-state index in [9.17, 15) is 0 Å². The van der Waals surface area contributed by atoms with E-state index < -0.39 is 0 Å². The van der Waals surface area contributed by atoms with Crippen molar-refractivity contribution in [1.82, 2.24) is 9.88 Å². The molecule has 0 aliphatic carbocycles. The van der Waals surface area contributed by atoms with Crippen molar-refractivity contribution >= 4 is 11.5 Å². The SMILES string of the molecule is CCNc1cc(N2CCN3CCCCC3C2)ccn1. The molecule has 4 heteroatoms. The molecule has 1 aromatic rings. The molecule has 0 aromatic carbocycles. The molecule has 2 aliphatic rings. The van der Waals surface area contributed by atoms with Crippen LogP contribution in [0.5, 0.6) is 0 Å². The third kappa shape index (κ3) is 2.84. The molecule has 4 nitrogen and oxygen atoms in total. The van der Waals surface area contributed by atoms with Crippen molar-refractivity contribution in [2.24, 2.45) is 0 Å². The molecule has 0 spiro atoms. The number of nitrogens with zero attached hydrogens (tertiary/aromatic N) is 3. The van der Waals surface area contributed by atoms with Crippen LogP contribution in [0.15, 0.2) is 18.3 Å². The molecular weight excluding hydrogens is 236 g/mol. The lowest BCUT2D eigenvalue weighted by atomic mass is 9.99. The normalized spacial score (nSPS) is 24.1. The van der Waals surface area contributed by atoms with Crippen LogP contribution in [0.3, 0.4) is 0 Å². The second-order valence-corrected chi connectivity index (χ2v) is 5.56. The first-order valence-corrected chi connectivity index (χ1v) is 7.56. The molecule has 3 rings (SSSR count). The maximum atomic E-state index is 4.36. The lowest BCUT2D eigenvalue weighted by Crippen LogP contribution is -2.54. The van der Waals surface area contributed by atoms with Crippen molar-refractivity contribution < 1.29 is 0 Å². The van der Waals surface area contributed by atoms with Gasteiger partial charge in [-0.1, -0.05) is 6.42 Å². The third-order valence-corrected chi connectivity index (χ3v) is 4.30. The highest BCUT2D eigenvalue weighted by Crippen LogP contribution is 2.25. The Morgan fingerprint density at radius 1 is 1.32 bits per heavy atom. The van der Waals surface area contributed by atoms with Gasteiger partial charge in [-0.25, -0.2) is 4.98 Å². The average Bonchev–Trinajstić information content (AvgIpc) is 2.47. The van der Waals surface area contributed by atoms with Crippen LogP contribution in [0.4, 0.5) is 11.5 Å². The number of aromatic nitrogens is 1. The van der Waals surface area contributed by atoms with E-state index in [0.717, 1.165) is 24.9 Å². The van der Waals surface area contributed by atoms with Crippen molar-refractivity contribution in [2.45, 2.75) is 32.2 Å². The first kappa shape index (κ1) is 12.7. The van der Waals surface area contributed by atoms with E-state index >= 15 is 0 Å². The van der Waals surface area contributed by atoms with Crippen LogP contribution in [0.2, 0.25) is 0 Å². The highest BCUT2D eigenvalue weighted by molar-refractivity contribution is 5.54. The number of pyridine rings is 1. The number of fused-ring (bicyclic) bond motifs is 1. The average molecular weight is 260 g/mol. The van der Waals surface area contributed by atoms with Gasteiger partial charge >= 0.3 is 0 Å². The fourth-order valence-corrected chi connectivity index (χ4v) is 3.28. The van der Waals surface area contributed by atoms with Crippen LogP contribution in [-0.4, -0.2) is 48.6 Å². The third-order valence-electron chi connectivity index (χ3n) is 4.30. The van der Waals surface area contributed by atoms with Crippen molar-refractivity contribution in [2.75, 3.05) is 42.9 Å². The van der Waals surface area contributed by atoms with Crippen LogP contribution in [0, 0.1) is 0 Å². The van der Waals surface area contributed by atoms with Gasteiger partial charge in [-0.2, -0.15) is 0 Å². The number of hydrogen-bond acceptors (Lipinski definition) is 4. The van der Waals surface area contributed by atoms with Crippen molar-refractivity contribution in [3.63, 3.8) is 0 Å². The lowest BCUT2D eigenvalue weighted by molar-refractivity contribution is 0.133. The van der Waals surface area contributed by atoms with Gasteiger partial charge in [-0.05, 0) is 32.4 Å². The zero-order valence-corrected chi connectivity index (χ0v) is 11.8. The Morgan fingerprint density at radius 3 is 3.16 bits per heavy atom. The molecule has 0 amide bonds. The second-order valence-electron chi connectivity index (χ2n) is 5.56. The first-order chi connectivity index (χ1) is 9.36. The number of piperazine rings is 1. The summed E-state index contributed by atoms with van der Waals surface area (Å²) in [5.41, 5.74) is 1.32. The molecule has 1 aromatic heterocycles. The predicted molar refractivity (Wildman–Crippen MR) is 79.8 cm³/mol. The fourth-order valence-electron chi connectivity index (χ4n) is 3.28. The first-order valence-electron chi connectivity index (χ1n) is 7.56. The molecule has 1 N–H and O–H groups in total. The Labute approximate surface area is 115 Å². The molecule has 0 saturated carbocycles. The molecule has 104 valence electrons. The summed E-state index contributed by atoms with van der Waals surface area (Å²) in [5.74, 6) is 0.992. The van der Waals surface area contributed by atoms with E-state index in [0.29, 0.717) is 0 Å². The van der Waals surface area contributed by atoms with E-state index in [1.54, 1.807) is 0 Å². The van der Waals surface area contributed by atoms with Gasteiger partial charge in [0.25, 0.3) is 0 Å². The van der Waals surface area contributed by atoms with Gasteiger partial charge in [0.05, 0.1) is 0 Å². The Bertz CT molecular complexity index is 420. The fraction of sp³-hybridized carbons (Fsp3) is 0.667. The van der Waals surface area contributed by atoms with Crippen LogP contribution in [-0.2, 0) is 0 Å². The van der Waals surface area contributed by atoms with Crippen LogP contribution >= 0.6 is 0 Å². The van der Waals surface area contributed by atoms with Crippen molar-refractivity contribution in [3.8, 4) is 0 Å². The van der Waals surface area contributed by atoms with Gasteiger partial charge in [0.2, 0.25) is 0 Å². The number of rotatable bonds is 3. The molecule has 3 heterocycles. The van der Waals surface area contributed by atoms with Crippen molar-refractivity contribution in [3.05, 3.63) is 18.3 Å². The molecule has 19 heavy (non-hydrogen) atoms. The molecule has 2 saturated heterocycles. The quantitative estimate of drug-likeness (QED) is 0.902. The maximum absolute atomic E-state index is 4.36. The van der Waals surface area contributed by atoms with Gasteiger partial charge in [0, 0.05) is 50.2 Å². The minimum atomic E-state index is 0.762. The summed E-state index contributed by atoms with van der Waals surface area (Å²) in [6.07, 6.45) is 6.06. The summed E-state index contributed by atoms with van der Waals surface area (Å²) in [6.45, 7) is 7.87. The lowest BCUT2D eigenvalue weighted by Gasteiger charge is -2.44. The van der Waals surface area contributed by atoms with Crippen LogP contribution in [0.25, 0.3) is 0 Å². The molecule has 1 atom stereocenters. The molecular formula is C15H24N4. The maximum Gasteiger partial charge on any atom is 0.127 e. The summed E-state index contributed by atoms with van der Waals surface area (Å²) >= 11 is 0. The standard InChI is InChI=1S/C15H24N4/c1-2-16-15-11-13(6-7-17-15)19-10-9-18-8-4-3-5-14(18)12-19/h6-7,11,14H,2-5,8-10,12H2,1H3,(H,16,17). The van der Waals surface area contributed by atoms with Crippen LogP contribution < -0.4 is 10.2 Å². The van der Waals surface area contributed by atoms with E-state index in [2.05, 4.69) is 39.2 Å². The Morgan fingerprint density at radius 2 is 2.26 bits per heavy atom. The zero-order valence-electron chi connectivity index (χ0n) is 11.8. The Kier molecular flexibility index (Phi) is 3.87. The zero-order chi connectivity index (χ0) is 13.1. The highest BCUT2D eigenvalue weighted by Gasteiger charge is 2.28. The smallest absolute Gasteiger partial charge is 0.127 e. The number of nitrogens with one attached hydrogen (secondary N) is 1. The van der Waals surface area contributed by atoms with Gasteiger partial charge in [-0.3, -0.25) is 4.90 Å². The van der Waals surface area contributed by atoms with E-state index in [-0.39, 0.29) is 0 Å². The summed E-state index contributed by atoms with van der Waals surface area (Å²) < 4.78 is 0.